The summed E-state index contributed by atoms with van der Waals surface area (Å²) in [6.45, 7) is 4.47. The fourth-order valence-electron chi connectivity index (χ4n) is 3.09. The third kappa shape index (κ3) is 12.5. The number of hydrogen-bond donors (Lipinski definition) is 0. The van der Waals surface area contributed by atoms with Crippen molar-refractivity contribution in [1.29, 1.82) is 0 Å². The molecule has 0 aliphatic carbocycles. The van der Waals surface area contributed by atoms with Crippen LogP contribution in [0.2, 0.25) is 0 Å². The smallest absolute Gasteiger partial charge is 0.0879 e. The van der Waals surface area contributed by atoms with Crippen LogP contribution in [-0.2, 0) is 4.74 Å². The summed E-state index contributed by atoms with van der Waals surface area (Å²) >= 11 is 0. The average molecular weight is 321 g/mol. The van der Waals surface area contributed by atoms with Crippen LogP contribution in [0, 0.1) is 0 Å². The van der Waals surface area contributed by atoms with E-state index in [9.17, 15) is 0 Å². The summed E-state index contributed by atoms with van der Waals surface area (Å²) in [5.41, 5.74) is 0. The lowest BCUT2D eigenvalue weighted by Gasteiger charge is -2.01. The molecular weight excluding hydrogens is 280 g/mol. The van der Waals surface area contributed by atoms with E-state index in [1.165, 1.54) is 70.6 Å². The molecule has 0 radical (unpaired) electrons. The second kappa shape index (κ2) is 15.0. The number of hydrogen-bond acceptors (Lipinski definition) is 1. The summed E-state index contributed by atoms with van der Waals surface area (Å²) in [4.78, 5) is 0. The van der Waals surface area contributed by atoms with Gasteiger partial charge in [0, 0.05) is 0 Å². The van der Waals surface area contributed by atoms with E-state index in [4.69, 9.17) is 4.74 Å². The van der Waals surface area contributed by atoms with Gasteiger partial charge in [0.05, 0.1) is 12.2 Å². The summed E-state index contributed by atoms with van der Waals surface area (Å²) in [5.74, 6) is 0. The van der Waals surface area contributed by atoms with Gasteiger partial charge in [0.15, 0.2) is 0 Å². The zero-order valence-electron chi connectivity index (χ0n) is 15.8. The Morgan fingerprint density at radius 3 is 1.70 bits per heavy atom. The Morgan fingerprint density at radius 1 is 0.609 bits per heavy atom. The van der Waals surface area contributed by atoms with Crippen LogP contribution in [0.25, 0.3) is 0 Å². The van der Waals surface area contributed by atoms with Gasteiger partial charge in [0.2, 0.25) is 0 Å². The van der Waals surface area contributed by atoms with E-state index in [1.54, 1.807) is 0 Å². The molecule has 2 unspecified atom stereocenters. The first-order chi connectivity index (χ1) is 11.4. The molecule has 0 amide bonds. The first-order valence-electron chi connectivity index (χ1n) is 10.3. The second-order valence-electron chi connectivity index (χ2n) is 7.01. The van der Waals surface area contributed by atoms with E-state index in [1.807, 2.05) is 0 Å². The van der Waals surface area contributed by atoms with Crippen molar-refractivity contribution in [3.63, 3.8) is 0 Å². The number of unbranched alkanes of at least 4 members (excludes halogenated alkanes) is 10. The van der Waals surface area contributed by atoms with Crippen LogP contribution in [0.3, 0.4) is 0 Å². The molecule has 1 nitrogen and oxygen atoms in total. The maximum Gasteiger partial charge on any atom is 0.0879 e. The molecule has 0 N–H and O–H groups in total. The predicted octanol–water partition coefficient (Wildman–Crippen LogP) is 7.37. The van der Waals surface area contributed by atoms with Crippen LogP contribution in [0.5, 0.6) is 0 Å². The van der Waals surface area contributed by atoms with Crippen molar-refractivity contribution in [2.24, 2.45) is 0 Å². The molecule has 1 rings (SSSR count). The van der Waals surface area contributed by atoms with Crippen LogP contribution >= 0.6 is 0 Å². The minimum absolute atomic E-state index is 0.500. The van der Waals surface area contributed by atoms with Crippen molar-refractivity contribution in [3.05, 3.63) is 24.3 Å². The third-order valence-corrected chi connectivity index (χ3v) is 4.72. The highest BCUT2D eigenvalue weighted by atomic mass is 16.6. The quantitative estimate of drug-likeness (QED) is 0.164. The number of ether oxygens (including phenoxy) is 1. The first-order valence-corrected chi connectivity index (χ1v) is 10.3. The molecule has 0 spiro atoms. The van der Waals surface area contributed by atoms with E-state index in [2.05, 4.69) is 38.2 Å². The Labute approximate surface area is 145 Å². The summed E-state index contributed by atoms with van der Waals surface area (Å²) in [6, 6.07) is 0. The lowest BCUT2D eigenvalue weighted by Crippen LogP contribution is -1.90. The lowest BCUT2D eigenvalue weighted by molar-refractivity contribution is 0.372. The van der Waals surface area contributed by atoms with E-state index in [0.717, 1.165) is 19.3 Å². The highest BCUT2D eigenvalue weighted by molar-refractivity contribution is 4.97. The minimum atomic E-state index is 0.500. The molecule has 1 fully saturated rings. The molecule has 1 aliphatic heterocycles. The Hall–Kier alpha value is -0.560. The van der Waals surface area contributed by atoms with Gasteiger partial charge < -0.3 is 4.74 Å². The first kappa shape index (κ1) is 20.5. The van der Waals surface area contributed by atoms with Gasteiger partial charge in [-0.25, -0.2) is 0 Å². The monoisotopic (exact) mass is 320 g/mol. The number of epoxide rings is 1. The normalized spacial score (nSPS) is 20.8. The molecule has 1 heterocycles. The van der Waals surface area contributed by atoms with E-state index in [0.29, 0.717) is 12.2 Å². The number of allylic oxidation sites excluding steroid dienone is 2. The van der Waals surface area contributed by atoms with Crippen LogP contribution < -0.4 is 0 Å². The molecule has 23 heavy (non-hydrogen) atoms. The van der Waals surface area contributed by atoms with Crippen LogP contribution in [0.4, 0.5) is 0 Å². The number of rotatable bonds is 16. The highest BCUT2D eigenvalue weighted by Crippen LogP contribution is 2.29. The topological polar surface area (TPSA) is 12.5 Å². The van der Waals surface area contributed by atoms with Crippen molar-refractivity contribution >= 4 is 0 Å². The van der Waals surface area contributed by atoms with Crippen molar-refractivity contribution in [3.8, 4) is 0 Å². The largest absolute Gasteiger partial charge is 0.369 e. The van der Waals surface area contributed by atoms with Crippen LogP contribution in [-0.4, -0.2) is 12.2 Å². The fraction of sp³-hybridized carbons (Fsp3) is 0.818. The molecule has 1 heteroatoms. The molecule has 0 aromatic heterocycles. The van der Waals surface area contributed by atoms with Gasteiger partial charge in [-0.3, -0.25) is 0 Å². The van der Waals surface area contributed by atoms with Gasteiger partial charge in [-0.2, -0.15) is 0 Å². The van der Waals surface area contributed by atoms with Crippen LogP contribution in [0.1, 0.15) is 104 Å². The maximum absolute atomic E-state index is 5.67. The highest BCUT2D eigenvalue weighted by Gasteiger charge is 2.35. The van der Waals surface area contributed by atoms with Gasteiger partial charge in [0.25, 0.3) is 0 Å². The lowest BCUT2D eigenvalue weighted by atomic mass is 10.1. The average Bonchev–Trinajstić information content (AvgIpc) is 3.30. The fourth-order valence-corrected chi connectivity index (χ4v) is 3.09. The Morgan fingerprint density at radius 2 is 1.13 bits per heavy atom. The molecular formula is C22H40O. The molecule has 134 valence electrons. The zero-order valence-corrected chi connectivity index (χ0v) is 15.8. The van der Waals surface area contributed by atoms with Crippen molar-refractivity contribution in [1.82, 2.24) is 0 Å². The van der Waals surface area contributed by atoms with Gasteiger partial charge in [-0.15, -0.1) is 0 Å². The minimum Gasteiger partial charge on any atom is -0.369 e. The maximum atomic E-state index is 5.67. The van der Waals surface area contributed by atoms with Gasteiger partial charge in [-0.05, 0) is 32.1 Å². The van der Waals surface area contributed by atoms with Crippen molar-refractivity contribution in [2.75, 3.05) is 0 Å². The second-order valence-corrected chi connectivity index (χ2v) is 7.01. The molecule has 0 bridgehead atoms. The van der Waals surface area contributed by atoms with E-state index in [-0.39, 0.29) is 0 Å². The van der Waals surface area contributed by atoms with Crippen molar-refractivity contribution in [2.45, 2.75) is 116 Å². The van der Waals surface area contributed by atoms with Crippen LogP contribution in [0.15, 0.2) is 24.3 Å². The molecule has 0 aromatic rings. The SMILES string of the molecule is CCC=CCC1OC1CC=CCCCCCCCCCCCC. The molecule has 1 saturated heterocycles. The summed E-state index contributed by atoms with van der Waals surface area (Å²) in [6.07, 6.45) is 29.0. The van der Waals surface area contributed by atoms with Crippen molar-refractivity contribution < 1.29 is 4.74 Å². The molecule has 2 atom stereocenters. The van der Waals surface area contributed by atoms with Gasteiger partial charge in [0.1, 0.15) is 0 Å². The van der Waals surface area contributed by atoms with Gasteiger partial charge in [-0.1, -0.05) is 95.9 Å². The van der Waals surface area contributed by atoms with E-state index < -0.39 is 0 Å². The summed E-state index contributed by atoms with van der Waals surface area (Å²) in [7, 11) is 0. The Kier molecular flexibility index (Phi) is 13.4. The standard InChI is InChI=1S/C22H40O/c1-3-5-7-8-9-10-11-12-13-14-15-16-18-20-22-21(23-22)19-17-6-4-2/h6,16-18,21-22H,3-5,7-15,19-20H2,1-2H3. The summed E-state index contributed by atoms with van der Waals surface area (Å²) < 4.78 is 5.67. The Bertz CT molecular complexity index is 305. The van der Waals surface area contributed by atoms with E-state index >= 15 is 0 Å². The molecule has 1 aliphatic rings. The molecule has 0 aromatic carbocycles. The summed E-state index contributed by atoms with van der Waals surface area (Å²) in [5, 5.41) is 0. The Balaban J connectivity index is 1.77. The molecule has 0 saturated carbocycles. The van der Waals surface area contributed by atoms with Gasteiger partial charge >= 0.3 is 0 Å². The third-order valence-electron chi connectivity index (χ3n) is 4.72. The predicted molar refractivity (Wildman–Crippen MR) is 103 cm³/mol. The zero-order chi connectivity index (χ0) is 16.6.